The van der Waals surface area contributed by atoms with Gasteiger partial charge >= 0.3 is 12.1 Å². The third kappa shape index (κ3) is 5.27. The first kappa shape index (κ1) is 19.5. The largest absolute Gasteiger partial charge is 0.334 e. The number of imide groups is 2. The zero-order valence-corrected chi connectivity index (χ0v) is 15.2. The van der Waals surface area contributed by atoms with E-state index in [2.05, 4.69) is 37.9 Å². The van der Waals surface area contributed by atoms with Crippen molar-refractivity contribution in [2.45, 2.75) is 19.3 Å². The van der Waals surface area contributed by atoms with Gasteiger partial charge in [-0.3, -0.25) is 9.69 Å². The van der Waals surface area contributed by atoms with E-state index in [0.29, 0.717) is 43.1 Å². The van der Waals surface area contributed by atoms with Gasteiger partial charge < -0.3 is 4.90 Å². The fourth-order valence-corrected chi connectivity index (χ4v) is 2.55. The molecule has 0 spiro atoms. The van der Waals surface area contributed by atoms with Crippen LogP contribution >= 0.6 is 37.9 Å². The van der Waals surface area contributed by atoms with Gasteiger partial charge in [0.25, 0.3) is 0 Å². The van der Waals surface area contributed by atoms with E-state index in [0.717, 1.165) is 9.80 Å². The maximum absolute atomic E-state index is 12.5. The molecule has 9 heteroatoms. The minimum atomic E-state index is -0.535. The highest BCUT2D eigenvalue weighted by molar-refractivity contribution is 7.80. The van der Waals surface area contributed by atoms with Crippen molar-refractivity contribution in [1.29, 1.82) is 0 Å². The topological polar surface area (TPSA) is 60.9 Å². The number of carbonyl (C=O) groups excluding carboxylic acids is 3. The van der Waals surface area contributed by atoms with Gasteiger partial charge in [0.15, 0.2) is 0 Å². The summed E-state index contributed by atoms with van der Waals surface area (Å²) in [4.78, 5) is 41.1. The Kier molecular flexibility index (Phi) is 9.11. The Morgan fingerprint density at radius 1 is 0.727 bits per heavy atom. The van der Waals surface area contributed by atoms with Crippen LogP contribution in [0.4, 0.5) is 9.59 Å². The van der Waals surface area contributed by atoms with Crippen LogP contribution in [0.1, 0.15) is 19.3 Å². The molecule has 5 amide bonds. The van der Waals surface area contributed by atoms with Gasteiger partial charge in [0.05, 0.1) is 0 Å². The van der Waals surface area contributed by atoms with Crippen LogP contribution in [0.25, 0.3) is 0 Å². The van der Waals surface area contributed by atoms with E-state index in [9.17, 15) is 14.4 Å². The molecule has 126 valence electrons. The third-order valence-electron chi connectivity index (χ3n) is 3.26. The van der Waals surface area contributed by atoms with E-state index >= 15 is 0 Å². The highest BCUT2D eigenvalue weighted by Crippen LogP contribution is 2.13. The predicted octanol–water partition coefficient (Wildman–Crippen LogP) is 1.63. The van der Waals surface area contributed by atoms with Crippen molar-refractivity contribution in [2.75, 3.05) is 43.4 Å². The standard InChI is InChI=1S/C13H23N3O3S3/c17-11-10-14(4-1-7-20)12(18)16(6-3-9-22)13(19)15(11)5-2-8-21/h20-22H,1-10H2. The number of hydrogen-bond acceptors (Lipinski definition) is 6. The summed E-state index contributed by atoms with van der Waals surface area (Å²) < 4.78 is 0. The maximum atomic E-state index is 12.5. The first-order valence-corrected chi connectivity index (χ1v) is 9.19. The van der Waals surface area contributed by atoms with E-state index in [-0.39, 0.29) is 25.5 Å². The minimum Gasteiger partial charge on any atom is -0.315 e. The molecule has 0 bridgehead atoms. The Morgan fingerprint density at radius 3 is 1.77 bits per heavy atom. The summed E-state index contributed by atoms with van der Waals surface area (Å²) in [5.74, 6) is 1.42. The molecule has 0 aromatic heterocycles. The first-order valence-electron chi connectivity index (χ1n) is 7.30. The molecule has 0 radical (unpaired) electrons. The molecule has 1 aliphatic heterocycles. The molecule has 0 aliphatic carbocycles. The molecular formula is C13H23N3O3S3. The van der Waals surface area contributed by atoms with Crippen molar-refractivity contribution in [3.05, 3.63) is 0 Å². The average molecular weight is 366 g/mol. The SMILES string of the molecule is O=C1CN(CCCS)C(=O)N(CCCS)C(=O)N1CCCS. The fraction of sp³-hybridized carbons (Fsp3) is 0.769. The quantitative estimate of drug-likeness (QED) is 0.544. The lowest BCUT2D eigenvalue weighted by Gasteiger charge is -2.26. The molecule has 0 N–H and O–H groups in total. The molecule has 1 fully saturated rings. The molecule has 1 rings (SSSR count). The van der Waals surface area contributed by atoms with Gasteiger partial charge in [-0.15, -0.1) is 0 Å². The molecule has 0 aromatic rings. The second-order valence-electron chi connectivity index (χ2n) is 4.92. The van der Waals surface area contributed by atoms with Gasteiger partial charge in [-0.25, -0.2) is 14.5 Å². The Morgan fingerprint density at radius 2 is 1.23 bits per heavy atom. The molecule has 6 nitrogen and oxygen atoms in total. The molecule has 22 heavy (non-hydrogen) atoms. The van der Waals surface area contributed by atoms with Crippen molar-refractivity contribution in [3.63, 3.8) is 0 Å². The van der Waals surface area contributed by atoms with E-state index in [4.69, 9.17) is 0 Å². The maximum Gasteiger partial charge on any atom is 0.334 e. The zero-order valence-electron chi connectivity index (χ0n) is 12.5. The van der Waals surface area contributed by atoms with Crippen LogP contribution < -0.4 is 0 Å². The minimum absolute atomic E-state index is 0.0672. The van der Waals surface area contributed by atoms with E-state index in [1.54, 1.807) is 0 Å². The van der Waals surface area contributed by atoms with Gasteiger partial charge in [0.2, 0.25) is 5.91 Å². The van der Waals surface area contributed by atoms with Crippen LogP contribution in [0.15, 0.2) is 0 Å². The number of thiol groups is 3. The first-order chi connectivity index (χ1) is 10.6. The van der Waals surface area contributed by atoms with Gasteiger partial charge in [0, 0.05) is 19.6 Å². The number of carbonyl (C=O) groups is 3. The number of nitrogens with zero attached hydrogens (tertiary/aromatic N) is 3. The summed E-state index contributed by atoms with van der Waals surface area (Å²) in [5, 5.41) is 0. The Bertz CT molecular complexity index is 409. The predicted molar refractivity (Wildman–Crippen MR) is 96.2 cm³/mol. The Labute approximate surface area is 147 Å². The Balaban J connectivity index is 2.95. The number of hydrogen-bond donors (Lipinski definition) is 3. The lowest BCUT2D eigenvalue weighted by atomic mass is 10.3. The number of urea groups is 2. The number of amides is 5. The molecule has 1 heterocycles. The van der Waals surface area contributed by atoms with Crippen LogP contribution in [-0.4, -0.2) is 76.1 Å². The summed E-state index contributed by atoms with van der Waals surface area (Å²) in [7, 11) is 0. The monoisotopic (exact) mass is 365 g/mol. The van der Waals surface area contributed by atoms with Crippen LogP contribution in [0.5, 0.6) is 0 Å². The summed E-state index contributed by atoms with van der Waals surface area (Å²) in [6.45, 7) is 0.900. The smallest absolute Gasteiger partial charge is 0.315 e. The van der Waals surface area contributed by atoms with Crippen molar-refractivity contribution < 1.29 is 14.4 Å². The van der Waals surface area contributed by atoms with Crippen molar-refractivity contribution in [1.82, 2.24) is 14.7 Å². The van der Waals surface area contributed by atoms with Crippen LogP contribution in [0.3, 0.4) is 0 Å². The zero-order chi connectivity index (χ0) is 16.5. The average Bonchev–Trinajstić information content (AvgIpc) is 2.58. The van der Waals surface area contributed by atoms with Crippen molar-refractivity contribution >= 4 is 55.9 Å². The molecular weight excluding hydrogens is 342 g/mol. The molecule has 1 saturated heterocycles. The lowest BCUT2D eigenvalue weighted by Crippen LogP contribution is -2.48. The third-order valence-corrected chi connectivity index (χ3v) is 4.20. The van der Waals surface area contributed by atoms with Gasteiger partial charge in [-0.05, 0) is 36.5 Å². The molecule has 1 aliphatic rings. The summed E-state index contributed by atoms with van der Waals surface area (Å²) in [5.41, 5.74) is 0. The van der Waals surface area contributed by atoms with Crippen LogP contribution in [0.2, 0.25) is 0 Å². The highest BCUT2D eigenvalue weighted by atomic mass is 32.1. The van der Waals surface area contributed by atoms with Crippen LogP contribution in [0, 0.1) is 0 Å². The molecule has 0 saturated carbocycles. The van der Waals surface area contributed by atoms with Gasteiger partial charge in [0.1, 0.15) is 6.54 Å². The molecule has 0 unspecified atom stereocenters. The summed E-state index contributed by atoms with van der Waals surface area (Å²) in [6.07, 6.45) is 1.87. The highest BCUT2D eigenvalue weighted by Gasteiger charge is 2.37. The molecule has 0 atom stereocenters. The summed E-state index contributed by atoms with van der Waals surface area (Å²) in [6, 6.07) is -0.942. The number of rotatable bonds is 9. The van der Waals surface area contributed by atoms with Crippen molar-refractivity contribution in [2.24, 2.45) is 0 Å². The Hall–Kier alpha value is -0.540. The van der Waals surface area contributed by atoms with Gasteiger partial charge in [-0.2, -0.15) is 37.9 Å². The second kappa shape index (κ2) is 10.3. The fourth-order valence-electron chi connectivity index (χ4n) is 2.13. The second-order valence-corrected chi connectivity index (χ2v) is 6.26. The molecule has 0 aromatic carbocycles. The summed E-state index contributed by atoms with van der Waals surface area (Å²) >= 11 is 12.4. The normalized spacial score (nSPS) is 16.5. The van der Waals surface area contributed by atoms with Gasteiger partial charge in [-0.1, -0.05) is 0 Å². The van der Waals surface area contributed by atoms with E-state index < -0.39 is 12.1 Å². The van der Waals surface area contributed by atoms with E-state index in [1.807, 2.05) is 0 Å². The van der Waals surface area contributed by atoms with Crippen LogP contribution in [-0.2, 0) is 4.79 Å². The lowest BCUT2D eigenvalue weighted by molar-refractivity contribution is -0.128. The van der Waals surface area contributed by atoms with Crippen molar-refractivity contribution in [3.8, 4) is 0 Å². The van der Waals surface area contributed by atoms with E-state index in [1.165, 1.54) is 4.90 Å².